The van der Waals surface area contributed by atoms with Crippen LogP contribution < -0.4 is 10.2 Å². The highest BCUT2D eigenvalue weighted by Gasteiger charge is 2.55. The van der Waals surface area contributed by atoms with Crippen LogP contribution in [0.5, 0.6) is 0 Å². The van der Waals surface area contributed by atoms with Gasteiger partial charge in [0.25, 0.3) is 5.91 Å². The number of carbonyl (C=O) groups excluding carboxylic acids is 1. The van der Waals surface area contributed by atoms with Crippen LogP contribution in [0.2, 0.25) is 0 Å². The number of nitrogens with one attached hydrogen (secondary N) is 1. The lowest BCUT2D eigenvalue weighted by atomic mass is 9.83. The average molecular weight is 618 g/mol. The Hall–Kier alpha value is -4.42. The topological polar surface area (TPSA) is 63.1 Å². The van der Waals surface area contributed by atoms with Crippen molar-refractivity contribution in [3.63, 3.8) is 0 Å². The average Bonchev–Trinajstić information content (AvgIpc) is 3.35. The molecule has 2 aromatic heterocycles. The van der Waals surface area contributed by atoms with Gasteiger partial charge in [-0.2, -0.15) is 31.4 Å². The fraction of sp³-hybridized carbons (Fsp3) is 0.323. The summed E-state index contributed by atoms with van der Waals surface area (Å²) < 4.78 is 98.9. The van der Waals surface area contributed by atoms with Crippen LogP contribution in [0.3, 0.4) is 0 Å². The lowest BCUT2D eigenvalue weighted by Crippen LogP contribution is -2.43. The van der Waals surface area contributed by atoms with Crippen molar-refractivity contribution >= 4 is 17.5 Å². The minimum absolute atomic E-state index is 0.0434. The molecule has 1 N–H and O–H groups in total. The van der Waals surface area contributed by atoms with Crippen molar-refractivity contribution in [2.24, 2.45) is 0 Å². The number of rotatable bonds is 5. The van der Waals surface area contributed by atoms with E-state index in [-0.39, 0.29) is 37.4 Å². The summed E-state index contributed by atoms with van der Waals surface area (Å²) >= 11 is 0. The van der Waals surface area contributed by atoms with Gasteiger partial charge in [0.15, 0.2) is 6.17 Å². The molecule has 0 spiro atoms. The van der Waals surface area contributed by atoms with Crippen molar-refractivity contribution in [2.45, 2.75) is 49.2 Å². The van der Waals surface area contributed by atoms with E-state index in [2.05, 4.69) is 10.3 Å². The molecular weight excluding hydrogens is 591 g/mol. The Balaban J connectivity index is 1.42. The summed E-state index contributed by atoms with van der Waals surface area (Å²) in [5, 5.41) is 7.10. The van der Waals surface area contributed by atoms with Crippen LogP contribution in [-0.4, -0.2) is 46.1 Å². The zero-order valence-corrected chi connectivity index (χ0v) is 23.0. The van der Waals surface area contributed by atoms with Crippen LogP contribution in [-0.2, 0) is 11.0 Å². The first-order chi connectivity index (χ1) is 20.9. The van der Waals surface area contributed by atoms with E-state index in [0.29, 0.717) is 16.9 Å². The molecule has 0 saturated carbocycles. The number of hydrogen-bond acceptors (Lipinski definition) is 4. The fourth-order valence-corrected chi connectivity index (χ4v) is 6.07. The first-order valence-corrected chi connectivity index (χ1v) is 14.0. The highest BCUT2D eigenvalue weighted by molar-refractivity contribution is 5.98. The summed E-state index contributed by atoms with van der Waals surface area (Å²) in [7, 11) is 0. The first kappa shape index (κ1) is 29.6. The number of piperidine rings is 1. The molecule has 6 nitrogen and oxygen atoms in total. The van der Waals surface area contributed by atoms with Crippen LogP contribution >= 0.6 is 0 Å². The minimum Gasteiger partial charge on any atom is -0.357 e. The van der Waals surface area contributed by atoms with Gasteiger partial charge in [-0.1, -0.05) is 60.7 Å². The second kappa shape index (κ2) is 11.3. The van der Waals surface area contributed by atoms with Gasteiger partial charge in [0.2, 0.25) is 0 Å². The Kier molecular flexibility index (Phi) is 7.58. The number of benzene rings is 2. The molecule has 1 amide bonds. The molecule has 4 heterocycles. The Labute approximate surface area is 247 Å². The smallest absolute Gasteiger partial charge is 0.357 e. The van der Waals surface area contributed by atoms with Gasteiger partial charge in [0.05, 0.1) is 11.3 Å². The monoisotopic (exact) mass is 617 g/mol. The molecule has 1 fully saturated rings. The molecule has 13 heteroatoms. The van der Waals surface area contributed by atoms with Crippen LogP contribution in [0, 0.1) is 0 Å². The molecule has 2 unspecified atom stereocenters. The van der Waals surface area contributed by atoms with E-state index >= 15 is 4.39 Å². The zero-order valence-electron chi connectivity index (χ0n) is 23.0. The SMILES string of the molecule is O=C1Nc2c(c(C3CCN(c4ccc(C(F)(F)F)cn4)CC3)nn2C(c2ccccc2)c2ccccc2)C(C(F)(F)F)C1F. The molecule has 0 bridgehead atoms. The molecule has 2 aliphatic heterocycles. The number of pyridine rings is 1. The van der Waals surface area contributed by atoms with Gasteiger partial charge in [-0.25, -0.2) is 14.1 Å². The number of carbonyl (C=O) groups is 1. The van der Waals surface area contributed by atoms with Gasteiger partial charge >= 0.3 is 12.4 Å². The standard InChI is InChI=1S/C31H26F7N5O/c32-25-24(31(36,37)38)23-26(18-13-15-42(16-14-18)22-12-11-21(17-39-22)30(33,34)35)41-43(28(23)40-29(25)44)27(19-7-3-1-4-8-19)20-9-5-2-6-10-20/h1-12,17-18,24-25,27H,13-16H2,(H,40,44). The van der Waals surface area contributed by atoms with E-state index < -0.39 is 53.4 Å². The maximum absolute atomic E-state index is 15.2. The quantitative estimate of drug-likeness (QED) is 0.240. The third kappa shape index (κ3) is 5.50. The van der Waals surface area contributed by atoms with Crippen LogP contribution in [0.15, 0.2) is 79.0 Å². The molecule has 4 aromatic rings. The predicted molar refractivity (Wildman–Crippen MR) is 148 cm³/mol. The molecular formula is C31H26F7N5O. The van der Waals surface area contributed by atoms with Crippen molar-refractivity contribution in [3.05, 3.63) is 107 Å². The van der Waals surface area contributed by atoms with Crippen molar-refractivity contribution < 1.29 is 35.5 Å². The summed E-state index contributed by atoms with van der Waals surface area (Å²) in [5.74, 6) is -4.55. The fourth-order valence-electron chi connectivity index (χ4n) is 6.07. The summed E-state index contributed by atoms with van der Waals surface area (Å²) in [6.07, 6.45) is -11.2. The zero-order chi connectivity index (χ0) is 31.2. The number of fused-ring (bicyclic) bond motifs is 1. The number of aromatic nitrogens is 3. The molecule has 0 aliphatic carbocycles. The van der Waals surface area contributed by atoms with Gasteiger partial charge in [0.1, 0.15) is 23.6 Å². The summed E-state index contributed by atoms with van der Waals surface area (Å²) in [6, 6.07) is 19.3. The van der Waals surface area contributed by atoms with Gasteiger partial charge in [0, 0.05) is 30.8 Å². The third-order valence-corrected chi connectivity index (χ3v) is 8.18. The van der Waals surface area contributed by atoms with Crippen LogP contribution in [0.1, 0.15) is 58.7 Å². The van der Waals surface area contributed by atoms with Gasteiger partial charge < -0.3 is 10.2 Å². The number of hydrogen-bond donors (Lipinski definition) is 1. The molecule has 230 valence electrons. The number of alkyl halides is 7. The third-order valence-electron chi connectivity index (χ3n) is 8.18. The van der Waals surface area contributed by atoms with E-state index in [1.54, 1.807) is 65.6 Å². The first-order valence-electron chi connectivity index (χ1n) is 14.0. The summed E-state index contributed by atoms with van der Waals surface area (Å²) in [4.78, 5) is 18.3. The summed E-state index contributed by atoms with van der Waals surface area (Å²) in [6.45, 7) is 0.543. The normalized spacial score (nSPS) is 19.6. The maximum Gasteiger partial charge on any atom is 0.417 e. The second-order valence-electron chi connectivity index (χ2n) is 10.9. The number of amides is 1. The largest absolute Gasteiger partial charge is 0.417 e. The maximum atomic E-state index is 15.2. The lowest BCUT2D eigenvalue weighted by molar-refractivity contribution is -0.169. The van der Waals surface area contributed by atoms with E-state index in [4.69, 9.17) is 5.10 Å². The van der Waals surface area contributed by atoms with E-state index in [0.717, 1.165) is 12.3 Å². The minimum atomic E-state index is -5.08. The number of halogens is 7. The molecule has 2 atom stereocenters. The molecule has 44 heavy (non-hydrogen) atoms. The Morgan fingerprint density at radius 2 is 1.43 bits per heavy atom. The van der Waals surface area contributed by atoms with E-state index in [1.165, 1.54) is 10.7 Å². The number of nitrogens with zero attached hydrogens (tertiary/aromatic N) is 4. The van der Waals surface area contributed by atoms with Crippen molar-refractivity contribution in [2.75, 3.05) is 23.3 Å². The summed E-state index contributed by atoms with van der Waals surface area (Å²) in [5.41, 5.74) is 0.146. The highest BCUT2D eigenvalue weighted by Crippen LogP contribution is 2.50. The Bertz CT molecular complexity index is 1570. The highest BCUT2D eigenvalue weighted by atomic mass is 19.4. The van der Waals surface area contributed by atoms with Crippen LogP contribution in [0.25, 0.3) is 0 Å². The Morgan fingerprint density at radius 3 is 1.93 bits per heavy atom. The van der Waals surface area contributed by atoms with Crippen molar-refractivity contribution in [3.8, 4) is 0 Å². The molecule has 2 aliphatic rings. The Morgan fingerprint density at radius 1 is 0.841 bits per heavy atom. The van der Waals surface area contributed by atoms with Crippen molar-refractivity contribution in [1.29, 1.82) is 0 Å². The second-order valence-corrected chi connectivity index (χ2v) is 10.9. The van der Waals surface area contributed by atoms with Gasteiger partial charge in [-0.15, -0.1) is 0 Å². The molecule has 1 saturated heterocycles. The molecule has 0 radical (unpaired) electrons. The van der Waals surface area contributed by atoms with E-state index in [9.17, 15) is 31.1 Å². The molecule has 6 rings (SSSR count). The predicted octanol–water partition coefficient (Wildman–Crippen LogP) is 7.25. The number of anilines is 2. The van der Waals surface area contributed by atoms with Gasteiger partial charge in [-0.05, 0) is 36.1 Å². The van der Waals surface area contributed by atoms with Crippen LogP contribution in [0.4, 0.5) is 42.4 Å². The molecule has 2 aromatic carbocycles. The van der Waals surface area contributed by atoms with Crippen molar-refractivity contribution in [1.82, 2.24) is 14.8 Å². The lowest BCUT2D eigenvalue weighted by Gasteiger charge is -2.34. The van der Waals surface area contributed by atoms with E-state index in [1.807, 2.05) is 0 Å². The van der Waals surface area contributed by atoms with Gasteiger partial charge in [-0.3, -0.25) is 4.79 Å².